The molecule has 0 aliphatic heterocycles. The summed E-state index contributed by atoms with van der Waals surface area (Å²) in [7, 11) is 4.36. The van der Waals surface area contributed by atoms with E-state index in [0.29, 0.717) is 0 Å². The average molecular weight is 2660 g/mol. The first-order valence-electron chi connectivity index (χ1n) is 34.5. The number of anilines is 3. The van der Waals surface area contributed by atoms with Gasteiger partial charge in [0, 0.05) is 133 Å². The molecule has 36 nitrogen and oxygen atoms in total. The fourth-order valence-corrected chi connectivity index (χ4v) is 23.7. The van der Waals surface area contributed by atoms with E-state index in [4.69, 9.17) is 42.6 Å². The SMILES string of the molecule is C=CCN(C)C(=O)c1c(I)c(NC(=O)C(OC(C)=O)C(COC(C)=O)OC(C)=O)c(I)c(C(=O)NCCC(CCNC(=O)c2c(I)c(NC(=O)C(OC(C)=O)C(COC(C)=O)OC(C)=O)c(I)c(C(=O)N(C)CC=C)c2I)CCNC(=O)c2c(I)c(NC(=O)C(OC(C)=O)C(COC(C)=O)OC(C)=O)c(I)c(C(=O)N(C)CC=C)c2I)c1I. The van der Waals surface area contributed by atoms with Gasteiger partial charge >= 0.3 is 53.7 Å². The van der Waals surface area contributed by atoms with E-state index in [2.05, 4.69) is 51.6 Å². The molecule has 0 spiro atoms. The molecule has 0 bridgehead atoms. The molecule has 0 aromatic heterocycles. The van der Waals surface area contributed by atoms with Gasteiger partial charge < -0.3 is 89.2 Å². The minimum Gasteiger partial charge on any atom is -0.462 e. The Hall–Kier alpha value is -6.09. The molecular formula is C73H82I9N9O27. The number of carbonyl (C=O) groups excluding carboxylic acids is 18. The predicted molar refractivity (Wildman–Crippen MR) is 499 cm³/mol. The van der Waals surface area contributed by atoms with Crippen molar-refractivity contribution in [3.63, 3.8) is 0 Å². The second kappa shape index (κ2) is 51.1. The third-order valence-electron chi connectivity index (χ3n) is 15.8. The average Bonchev–Trinajstić information content (AvgIpc) is 0.772. The van der Waals surface area contributed by atoms with Crippen LogP contribution in [0.5, 0.6) is 0 Å². The molecule has 0 aliphatic carbocycles. The van der Waals surface area contributed by atoms with E-state index in [1.165, 1.54) is 54.1 Å². The van der Waals surface area contributed by atoms with Gasteiger partial charge in [0.2, 0.25) is 18.3 Å². The van der Waals surface area contributed by atoms with Crippen LogP contribution in [0, 0.1) is 38.0 Å². The number of halogens is 9. The molecule has 6 atom stereocenters. The monoisotopic (exact) mass is 2660 g/mol. The van der Waals surface area contributed by atoms with E-state index in [0.717, 1.165) is 62.3 Å². The van der Waals surface area contributed by atoms with Gasteiger partial charge in [-0.3, -0.25) is 86.3 Å². The van der Waals surface area contributed by atoms with E-state index in [1.54, 1.807) is 136 Å². The fourth-order valence-electron chi connectivity index (χ4n) is 10.6. The van der Waals surface area contributed by atoms with Crippen LogP contribution < -0.4 is 31.9 Å². The Morgan fingerprint density at radius 1 is 0.314 bits per heavy atom. The first-order chi connectivity index (χ1) is 55.1. The van der Waals surface area contributed by atoms with Gasteiger partial charge in [0.15, 0.2) is 18.3 Å². The van der Waals surface area contributed by atoms with Gasteiger partial charge in [-0.2, -0.15) is 0 Å². The summed E-state index contributed by atoms with van der Waals surface area (Å²) in [5.74, 6) is -16.9. The summed E-state index contributed by atoms with van der Waals surface area (Å²) >= 11 is 16.1. The van der Waals surface area contributed by atoms with Gasteiger partial charge in [-0.05, 0) is 228 Å². The van der Waals surface area contributed by atoms with Gasteiger partial charge in [-0.1, -0.05) is 18.2 Å². The highest BCUT2D eigenvalue weighted by Crippen LogP contribution is 2.41. The topological polar surface area (TPSA) is 472 Å². The number of ether oxygens (including phenoxy) is 9. The van der Waals surface area contributed by atoms with Crippen LogP contribution in [0.15, 0.2) is 38.0 Å². The minimum absolute atomic E-state index is 0.00737. The molecule has 3 rings (SSSR count). The maximum absolute atomic E-state index is 15.1. The van der Waals surface area contributed by atoms with Crippen molar-refractivity contribution in [1.82, 2.24) is 30.7 Å². The fraction of sp³-hybridized carbons (Fsp3) is 0.425. The number of carbonyl (C=O) groups is 18. The zero-order chi connectivity index (χ0) is 89.8. The van der Waals surface area contributed by atoms with Crippen molar-refractivity contribution in [1.29, 1.82) is 0 Å². The molecule has 0 saturated carbocycles. The Bertz CT molecular complexity index is 4050. The molecule has 3 aromatic carbocycles. The number of hydrogen-bond donors (Lipinski definition) is 6. The van der Waals surface area contributed by atoms with Gasteiger partial charge in [-0.15, -0.1) is 19.7 Å². The first kappa shape index (κ1) is 106. The quantitative estimate of drug-likeness (QED) is 0.0134. The van der Waals surface area contributed by atoms with Gasteiger partial charge in [-0.25, -0.2) is 0 Å². The predicted octanol–water partition coefficient (Wildman–Crippen LogP) is 8.37. The van der Waals surface area contributed by atoms with Crippen LogP contribution in [0.25, 0.3) is 0 Å². The molecule has 0 radical (unpaired) electrons. The molecular weight excluding hydrogens is 2580 g/mol. The molecule has 0 aliphatic rings. The van der Waals surface area contributed by atoms with E-state index in [-0.39, 0.29) is 141 Å². The van der Waals surface area contributed by atoms with Crippen molar-refractivity contribution < 1.29 is 129 Å². The summed E-state index contributed by atoms with van der Waals surface area (Å²) < 4.78 is 47.8. The molecule has 3 aromatic rings. The summed E-state index contributed by atoms with van der Waals surface area (Å²) in [6, 6.07) is 0. The molecule has 0 heterocycles. The van der Waals surface area contributed by atoms with Crippen molar-refractivity contribution >= 4 is 327 Å². The normalized spacial score (nSPS) is 12.5. The van der Waals surface area contributed by atoms with Gasteiger partial charge in [0.05, 0.1) is 71.9 Å². The molecule has 118 heavy (non-hydrogen) atoms. The smallest absolute Gasteiger partial charge is 0.303 e. The van der Waals surface area contributed by atoms with E-state index in [9.17, 15) is 71.9 Å². The largest absolute Gasteiger partial charge is 0.462 e. The van der Waals surface area contributed by atoms with Crippen LogP contribution in [0.2, 0.25) is 0 Å². The summed E-state index contributed by atoms with van der Waals surface area (Å²) in [6.07, 6.45) is -6.69. The second-order valence-electron chi connectivity index (χ2n) is 25.0. The van der Waals surface area contributed by atoms with Crippen molar-refractivity contribution in [2.75, 3.05) is 96.2 Å². The maximum atomic E-state index is 15.1. The van der Waals surface area contributed by atoms with Crippen LogP contribution >= 0.6 is 203 Å². The van der Waals surface area contributed by atoms with E-state index in [1.807, 2.05) is 67.8 Å². The number of amides is 9. The van der Waals surface area contributed by atoms with Crippen molar-refractivity contribution in [3.05, 3.63) is 103 Å². The van der Waals surface area contributed by atoms with Crippen molar-refractivity contribution in [2.45, 2.75) is 118 Å². The van der Waals surface area contributed by atoms with Crippen LogP contribution in [-0.2, 0) is 100 Å². The summed E-state index contributed by atoms with van der Waals surface area (Å²) in [6.45, 7) is 17.3. The highest BCUT2D eigenvalue weighted by Gasteiger charge is 2.42. The lowest BCUT2D eigenvalue weighted by atomic mass is 9.96. The summed E-state index contributed by atoms with van der Waals surface area (Å²) in [5, 5.41) is 16.5. The number of benzene rings is 3. The standard InChI is InChI=1S/C73H82I9N9O27/c1-16-25-89(13)71(107)47-50(74)44(53(77)59(56(47)80)86-68(104)62(116-37(10)98)41(113-34(7)95)28-110-31(4)92)65(101)83-22-19-40(20-23-84-66(102)45-51(75)48(72(108)90(14)26-17-2)57(81)60(54(45)78)87-69(105)63(117-38(11)99)42(114-35(8)96)29-111-32(5)93)21-24-85-67(103)46-52(76)49(73(109)91(15)27-18-3)58(82)61(55(46)79)88-70(106)64(118-39(12)100)43(115-36(9)97)30-112-33(6)94/h16-18,40-43,62-64H,1-3,19-30H2,4-15H3,(H,83,101)(H,84,102)(H,85,103)(H,86,104)(H,87,105)(H,88,106). The molecule has 0 fully saturated rings. The molecule has 6 unspecified atom stereocenters. The van der Waals surface area contributed by atoms with Crippen LogP contribution in [-0.4, -0.2) is 238 Å². The second-order valence-corrected chi connectivity index (χ2v) is 34.7. The summed E-state index contributed by atoms with van der Waals surface area (Å²) in [5.41, 5.74) is -1.14. The Balaban J connectivity index is 2.41. The van der Waals surface area contributed by atoms with Gasteiger partial charge in [0.25, 0.3) is 53.2 Å². The Labute approximate surface area is 800 Å². The number of nitrogens with zero attached hydrogens (tertiary/aromatic N) is 3. The molecule has 45 heteroatoms. The number of esters is 9. The molecule has 6 N–H and O–H groups in total. The minimum atomic E-state index is -1.98. The summed E-state index contributed by atoms with van der Waals surface area (Å²) in [4.78, 5) is 246. The lowest BCUT2D eigenvalue weighted by molar-refractivity contribution is -0.175. The Morgan fingerprint density at radius 2 is 0.517 bits per heavy atom. The highest BCUT2D eigenvalue weighted by molar-refractivity contribution is 14.1. The molecule has 9 amide bonds. The molecule has 644 valence electrons. The number of hydrogen-bond acceptors (Lipinski definition) is 27. The zero-order valence-corrected chi connectivity index (χ0v) is 84.6. The zero-order valence-electron chi connectivity index (χ0n) is 65.1. The molecule has 0 saturated heterocycles. The van der Waals surface area contributed by atoms with Crippen LogP contribution in [0.3, 0.4) is 0 Å². The Kier molecular flexibility index (Phi) is 46.0. The number of likely N-dealkylation sites (N-methyl/N-ethyl adjacent to an activating group) is 3. The number of rotatable bonds is 42. The van der Waals surface area contributed by atoms with Gasteiger partial charge in [0.1, 0.15) is 19.8 Å². The van der Waals surface area contributed by atoms with E-state index >= 15 is 14.4 Å². The third kappa shape index (κ3) is 31.4. The maximum Gasteiger partial charge on any atom is 0.303 e. The highest BCUT2D eigenvalue weighted by atomic mass is 127. The van der Waals surface area contributed by atoms with Crippen LogP contribution in [0.4, 0.5) is 17.1 Å². The lowest BCUT2D eigenvalue weighted by Crippen LogP contribution is -2.46. The lowest BCUT2D eigenvalue weighted by Gasteiger charge is -2.27. The van der Waals surface area contributed by atoms with E-state index < -0.39 is 169 Å². The van der Waals surface area contributed by atoms with Crippen LogP contribution in [0.1, 0.15) is 144 Å². The van der Waals surface area contributed by atoms with Crippen molar-refractivity contribution in [2.24, 2.45) is 5.92 Å². The third-order valence-corrected chi connectivity index (χ3v) is 25.5. The first-order valence-corrected chi connectivity index (χ1v) is 44.2. The van der Waals surface area contributed by atoms with Crippen molar-refractivity contribution in [3.8, 4) is 0 Å². The number of nitrogens with one attached hydrogen (secondary N) is 6. The Morgan fingerprint density at radius 3 is 0.703 bits per heavy atom.